The molecule has 0 fully saturated rings. The van der Waals surface area contributed by atoms with Gasteiger partial charge in [0.2, 0.25) is 0 Å². The summed E-state index contributed by atoms with van der Waals surface area (Å²) in [6.45, 7) is 8.14. The number of aryl methyl sites for hydroxylation is 1. The molecule has 0 saturated carbocycles. The van der Waals surface area contributed by atoms with E-state index in [1.54, 1.807) is 0 Å². The minimum absolute atomic E-state index is 0.799. The molecule has 14 heavy (non-hydrogen) atoms. The molecule has 2 heteroatoms. The first kappa shape index (κ1) is 10.6. The summed E-state index contributed by atoms with van der Waals surface area (Å²) in [5, 5.41) is 0. The molecule has 1 rings (SSSR count). The first-order chi connectivity index (χ1) is 6.59. The zero-order valence-corrected chi connectivity index (χ0v) is 9.20. The van der Waals surface area contributed by atoms with Crippen LogP contribution in [0.3, 0.4) is 0 Å². The van der Waals surface area contributed by atoms with Crippen LogP contribution in [0.15, 0.2) is 30.1 Å². The highest BCUT2D eigenvalue weighted by molar-refractivity contribution is 5.59. The molecule has 0 saturated heterocycles. The van der Waals surface area contributed by atoms with Crippen LogP contribution in [0.2, 0.25) is 0 Å². The molecule has 0 N–H and O–H groups in total. The summed E-state index contributed by atoms with van der Waals surface area (Å²) in [4.78, 5) is 8.49. The summed E-state index contributed by atoms with van der Waals surface area (Å²) in [5.74, 6) is 0.799. The van der Waals surface area contributed by atoms with Crippen LogP contribution in [0, 0.1) is 6.92 Å². The molecule has 0 aromatic carbocycles. The van der Waals surface area contributed by atoms with Gasteiger partial charge >= 0.3 is 0 Å². The van der Waals surface area contributed by atoms with E-state index in [9.17, 15) is 0 Å². The van der Waals surface area contributed by atoms with Crippen molar-refractivity contribution in [3.05, 3.63) is 41.5 Å². The first-order valence-electron chi connectivity index (χ1n) is 4.70. The summed E-state index contributed by atoms with van der Waals surface area (Å²) in [7, 11) is 0. The molecule has 1 aromatic rings. The fraction of sp³-hybridized carbons (Fsp3) is 0.333. The predicted molar refractivity (Wildman–Crippen MR) is 59.9 cm³/mol. The van der Waals surface area contributed by atoms with E-state index in [-0.39, 0.29) is 0 Å². The van der Waals surface area contributed by atoms with Crippen molar-refractivity contribution in [2.24, 2.45) is 0 Å². The lowest BCUT2D eigenvalue weighted by Gasteiger charge is -1.98. The lowest BCUT2D eigenvalue weighted by Crippen LogP contribution is -1.91. The molecular formula is C12H16N2. The Morgan fingerprint density at radius 3 is 2.14 bits per heavy atom. The third-order valence-electron chi connectivity index (χ3n) is 1.80. The molecule has 0 aliphatic carbocycles. The van der Waals surface area contributed by atoms with Crippen molar-refractivity contribution >= 4 is 5.57 Å². The number of hydrogen-bond acceptors (Lipinski definition) is 2. The fourth-order valence-corrected chi connectivity index (χ4v) is 0.962. The molecule has 74 valence electrons. The van der Waals surface area contributed by atoms with E-state index >= 15 is 0 Å². The van der Waals surface area contributed by atoms with E-state index in [2.05, 4.69) is 29.9 Å². The van der Waals surface area contributed by atoms with Crippen LogP contribution < -0.4 is 0 Å². The highest BCUT2D eigenvalue weighted by Crippen LogP contribution is 2.08. The molecule has 0 radical (unpaired) electrons. The Balaban J connectivity index is 2.89. The van der Waals surface area contributed by atoms with Gasteiger partial charge in [0.15, 0.2) is 5.82 Å². The molecule has 0 unspecified atom stereocenters. The van der Waals surface area contributed by atoms with Gasteiger partial charge in [0.25, 0.3) is 0 Å². The standard InChI is InChI=1S/C12H16N2/c1-9(2)5-6-11(4)12-13-7-10(3)8-14-12/h5-8H,1-4H3/b11-6+. The lowest BCUT2D eigenvalue weighted by atomic mass is 10.2. The maximum Gasteiger partial charge on any atom is 0.154 e. The van der Waals surface area contributed by atoms with Crippen molar-refractivity contribution in [2.45, 2.75) is 27.7 Å². The Bertz CT molecular complexity index is 354. The Labute approximate surface area is 85.4 Å². The second kappa shape index (κ2) is 4.70. The zero-order valence-electron chi connectivity index (χ0n) is 9.20. The van der Waals surface area contributed by atoms with Gasteiger partial charge < -0.3 is 0 Å². The van der Waals surface area contributed by atoms with E-state index in [1.807, 2.05) is 32.3 Å². The summed E-state index contributed by atoms with van der Waals surface area (Å²) in [5.41, 5.74) is 3.45. The third kappa shape index (κ3) is 3.13. The van der Waals surface area contributed by atoms with E-state index < -0.39 is 0 Å². The number of nitrogens with zero attached hydrogens (tertiary/aromatic N) is 2. The highest BCUT2D eigenvalue weighted by Gasteiger charge is 1.96. The van der Waals surface area contributed by atoms with Crippen molar-refractivity contribution in [2.75, 3.05) is 0 Å². The second-order valence-electron chi connectivity index (χ2n) is 3.68. The van der Waals surface area contributed by atoms with Crippen LogP contribution in [0.1, 0.15) is 32.2 Å². The van der Waals surface area contributed by atoms with Crippen LogP contribution in [-0.4, -0.2) is 9.97 Å². The van der Waals surface area contributed by atoms with Gasteiger partial charge in [-0.2, -0.15) is 0 Å². The Hall–Kier alpha value is -1.44. The van der Waals surface area contributed by atoms with E-state index in [0.717, 1.165) is 17.0 Å². The molecule has 1 heterocycles. The minimum Gasteiger partial charge on any atom is -0.237 e. The molecule has 0 atom stereocenters. The fourth-order valence-electron chi connectivity index (χ4n) is 0.962. The average Bonchev–Trinajstić information content (AvgIpc) is 2.15. The maximum atomic E-state index is 4.25. The number of allylic oxidation sites excluding steroid dienone is 4. The SMILES string of the molecule is CC(C)=C/C=C(\C)c1ncc(C)cn1. The Kier molecular flexibility index (Phi) is 3.57. The zero-order chi connectivity index (χ0) is 10.6. The van der Waals surface area contributed by atoms with Crippen LogP contribution in [0.25, 0.3) is 5.57 Å². The summed E-state index contributed by atoms with van der Waals surface area (Å²) in [6.07, 6.45) is 7.78. The molecule has 0 aliphatic heterocycles. The van der Waals surface area contributed by atoms with Crippen LogP contribution >= 0.6 is 0 Å². The van der Waals surface area contributed by atoms with Crippen LogP contribution in [-0.2, 0) is 0 Å². The predicted octanol–water partition coefficient (Wildman–Crippen LogP) is 3.15. The number of rotatable bonds is 2. The van der Waals surface area contributed by atoms with Crippen molar-refractivity contribution in [3.8, 4) is 0 Å². The Morgan fingerprint density at radius 1 is 1.07 bits per heavy atom. The summed E-state index contributed by atoms with van der Waals surface area (Å²) >= 11 is 0. The van der Waals surface area contributed by atoms with Gasteiger partial charge in [-0.3, -0.25) is 0 Å². The first-order valence-corrected chi connectivity index (χ1v) is 4.70. The minimum atomic E-state index is 0.799. The average molecular weight is 188 g/mol. The van der Waals surface area contributed by atoms with E-state index in [0.29, 0.717) is 0 Å². The van der Waals surface area contributed by atoms with Gasteiger partial charge in [-0.05, 0) is 38.8 Å². The monoisotopic (exact) mass is 188 g/mol. The second-order valence-corrected chi connectivity index (χ2v) is 3.68. The van der Waals surface area contributed by atoms with Gasteiger partial charge in [-0.25, -0.2) is 9.97 Å². The maximum absolute atomic E-state index is 4.25. The molecular weight excluding hydrogens is 172 g/mol. The van der Waals surface area contributed by atoms with Gasteiger partial charge in [0.05, 0.1) is 0 Å². The van der Waals surface area contributed by atoms with Gasteiger partial charge in [-0.1, -0.05) is 17.7 Å². The molecule has 2 nitrogen and oxygen atoms in total. The van der Waals surface area contributed by atoms with Crippen molar-refractivity contribution in [3.63, 3.8) is 0 Å². The van der Waals surface area contributed by atoms with E-state index in [4.69, 9.17) is 0 Å². The largest absolute Gasteiger partial charge is 0.237 e. The van der Waals surface area contributed by atoms with Crippen LogP contribution in [0.5, 0.6) is 0 Å². The summed E-state index contributed by atoms with van der Waals surface area (Å²) in [6, 6.07) is 0. The van der Waals surface area contributed by atoms with E-state index in [1.165, 1.54) is 5.57 Å². The smallest absolute Gasteiger partial charge is 0.154 e. The van der Waals surface area contributed by atoms with Gasteiger partial charge in [0.1, 0.15) is 0 Å². The summed E-state index contributed by atoms with van der Waals surface area (Å²) < 4.78 is 0. The van der Waals surface area contributed by atoms with Crippen molar-refractivity contribution in [1.82, 2.24) is 9.97 Å². The third-order valence-corrected chi connectivity index (χ3v) is 1.80. The molecule has 0 bridgehead atoms. The topological polar surface area (TPSA) is 25.8 Å². The van der Waals surface area contributed by atoms with Gasteiger partial charge in [-0.15, -0.1) is 0 Å². The van der Waals surface area contributed by atoms with Crippen molar-refractivity contribution in [1.29, 1.82) is 0 Å². The normalized spacial score (nSPS) is 11.3. The van der Waals surface area contributed by atoms with Gasteiger partial charge in [0, 0.05) is 12.4 Å². The quantitative estimate of drug-likeness (QED) is 0.666. The van der Waals surface area contributed by atoms with Crippen molar-refractivity contribution < 1.29 is 0 Å². The Morgan fingerprint density at radius 2 is 1.64 bits per heavy atom. The lowest BCUT2D eigenvalue weighted by molar-refractivity contribution is 1.08. The number of hydrogen-bond donors (Lipinski definition) is 0. The van der Waals surface area contributed by atoms with Crippen LogP contribution in [0.4, 0.5) is 0 Å². The molecule has 0 spiro atoms. The number of aromatic nitrogens is 2. The highest BCUT2D eigenvalue weighted by atomic mass is 14.9. The molecule has 0 aliphatic rings. The molecule has 0 amide bonds. The molecule has 1 aromatic heterocycles.